The molecule has 0 amide bonds. The van der Waals surface area contributed by atoms with Gasteiger partial charge in [0.25, 0.3) is 0 Å². The fraction of sp³-hybridized carbons (Fsp3) is 0.857. The van der Waals surface area contributed by atoms with Gasteiger partial charge in [-0.3, -0.25) is 4.79 Å². The minimum Gasteiger partial charge on any atom is -0.463 e. The zero-order valence-corrected chi connectivity index (χ0v) is 5.91. The Morgan fingerprint density at radius 3 is 2.55 bits per heavy atom. The van der Waals surface area contributed by atoms with Crippen molar-refractivity contribution in [1.82, 2.24) is 0 Å². The van der Waals surface area contributed by atoms with Crippen molar-refractivity contribution in [2.24, 2.45) is 0 Å². The molecule has 0 saturated heterocycles. The highest BCUT2D eigenvalue weighted by atomic mass is 16.5. The van der Waals surface area contributed by atoms with Crippen LogP contribution in [0.25, 0.3) is 0 Å². The van der Waals surface area contributed by atoms with Gasteiger partial charge in [0.05, 0.1) is 6.61 Å². The van der Waals surface area contributed by atoms with Crippen LogP contribution >= 0.6 is 0 Å². The largest absolute Gasteiger partial charge is 0.463 e. The predicted molar refractivity (Wildman–Crippen MR) is 41.1 cm³/mol. The normalized spacial score (nSPS) is 11.5. The Kier molecular flexibility index (Phi) is 8.87. The monoisotopic (exact) mass is 164 g/mol. The van der Waals surface area contributed by atoms with E-state index in [2.05, 4.69) is 4.74 Å². The van der Waals surface area contributed by atoms with Crippen molar-refractivity contribution in [1.29, 1.82) is 0 Å². The number of rotatable bonds is 4. The maximum absolute atomic E-state index is 10.4. The lowest BCUT2D eigenvalue weighted by molar-refractivity contribution is -0.146. The quantitative estimate of drug-likeness (QED) is 0.571. The highest BCUT2D eigenvalue weighted by molar-refractivity contribution is 5.68. The van der Waals surface area contributed by atoms with E-state index in [9.17, 15) is 4.79 Å². The van der Waals surface area contributed by atoms with E-state index in [4.69, 9.17) is 10.2 Å². The lowest BCUT2D eigenvalue weighted by atomic mass is 10.4. The molecule has 1 atom stereocenters. The van der Waals surface area contributed by atoms with Crippen LogP contribution in [0.1, 0.15) is 20.8 Å². The molecule has 0 spiro atoms. The van der Waals surface area contributed by atoms with Crippen LogP contribution in [0, 0.1) is 0 Å². The summed E-state index contributed by atoms with van der Waals surface area (Å²) in [6.45, 7) is 1.16. The van der Waals surface area contributed by atoms with E-state index in [0.29, 0.717) is 0 Å². The van der Waals surface area contributed by atoms with E-state index in [0.717, 1.165) is 0 Å². The van der Waals surface area contributed by atoms with Crippen LogP contribution in [0.5, 0.6) is 0 Å². The Bertz CT molecular complexity index is 103. The van der Waals surface area contributed by atoms with Crippen LogP contribution in [0.2, 0.25) is 0 Å². The van der Waals surface area contributed by atoms with Crippen LogP contribution in [-0.2, 0) is 9.53 Å². The standard InChI is InChI=1S/C6H12O4.CH4/c1-2-6(9)10-4-5(8)3-7;/h5,7-8H,2-4H2,1H3;1H4. The highest BCUT2D eigenvalue weighted by Gasteiger charge is 2.04. The summed E-state index contributed by atoms with van der Waals surface area (Å²) in [6, 6.07) is 0. The first-order valence-corrected chi connectivity index (χ1v) is 3.15. The summed E-state index contributed by atoms with van der Waals surface area (Å²) in [7, 11) is 0. The summed E-state index contributed by atoms with van der Waals surface area (Å²) in [5.41, 5.74) is 0. The molecule has 0 aromatic rings. The minimum absolute atomic E-state index is 0. The van der Waals surface area contributed by atoms with Gasteiger partial charge in [0, 0.05) is 6.42 Å². The number of aliphatic hydroxyl groups is 2. The second-order valence-corrected chi connectivity index (χ2v) is 1.87. The number of hydrogen-bond donors (Lipinski definition) is 2. The molecule has 0 aliphatic heterocycles. The number of ether oxygens (including phenoxy) is 1. The molecule has 2 N–H and O–H groups in total. The molecule has 0 aromatic heterocycles. The molecule has 0 bridgehead atoms. The minimum atomic E-state index is -0.949. The van der Waals surface area contributed by atoms with Crippen LogP contribution in [0.15, 0.2) is 0 Å². The number of carbonyl (C=O) groups is 1. The van der Waals surface area contributed by atoms with E-state index in [-0.39, 0.29) is 33.0 Å². The molecule has 4 nitrogen and oxygen atoms in total. The van der Waals surface area contributed by atoms with Gasteiger partial charge in [-0.15, -0.1) is 0 Å². The Hall–Kier alpha value is -0.610. The average Bonchev–Trinajstić information content (AvgIpc) is 1.99. The first-order chi connectivity index (χ1) is 4.70. The topological polar surface area (TPSA) is 66.8 Å². The maximum Gasteiger partial charge on any atom is 0.305 e. The first-order valence-electron chi connectivity index (χ1n) is 3.15. The average molecular weight is 164 g/mol. The van der Waals surface area contributed by atoms with Gasteiger partial charge in [0.15, 0.2) is 0 Å². The summed E-state index contributed by atoms with van der Waals surface area (Å²) < 4.78 is 4.49. The van der Waals surface area contributed by atoms with Crippen LogP contribution < -0.4 is 0 Å². The van der Waals surface area contributed by atoms with Crippen LogP contribution in [0.3, 0.4) is 0 Å². The van der Waals surface area contributed by atoms with Gasteiger partial charge in [-0.05, 0) is 0 Å². The second kappa shape index (κ2) is 7.50. The molecular weight excluding hydrogens is 148 g/mol. The number of carbonyl (C=O) groups excluding carboxylic acids is 1. The summed E-state index contributed by atoms with van der Waals surface area (Å²) in [6.07, 6.45) is -0.659. The van der Waals surface area contributed by atoms with Gasteiger partial charge in [-0.1, -0.05) is 14.4 Å². The van der Waals surface area contributed by atoms with E-state index in [1.165, 1.54) is 0 Å². The molecular formula is C7H16O4. The molecule has 4 heteroatoms. The van der Waals surface area contributed by atoms with E-state index < -0.39 is 6.10 Å². The van der Waals surface area contributed by atoms with Crippen molar-refractivity contribution in [3.8, 4) is 0 Å². The molecule has 0 saturated carbocycles. The maximum atomic E-state index is 10.4. The van der Waals surface area contributed by atoms with Gasteiger partial charge in [0.2, 0.25) is 0 Å². The molecule has 0 fully saturated rings. The predicted octanol–water partition coefficient (Wildman–Crippen LogP) is -0.0711. The molecule has 0 radical (unpaired) electrons. The Morgan fingerprint density at radius 1 is 1.64 bits per heavy atom. The van der Waals surface area contributed by atoms with Crippen molar-refractivity contribution in [3.05, 3.63) is 0 Å². The number of hydrogen-bond acceptors (Lipinski definition) is 4. The highest BCUT2D eigenvalue weighted by Crippen LogP contribution is 1.87. The molecule has 68 valence electrons. The van der Waals surface area contributed by atoms with Gasteiger partial charge in [0.1, 0.15) is 12.7 Å². The van der Waals surface area contributed by atoms with Gasteiger partial charge in [-0.2, -0.15) is 0 Å². The van der Waals surface area contributed by atoms with Crippen molar-refractivity contribution in [3.63, 3.8) is 0 Å². The fourth-order valence-corrected chi connectivity index (χ4v) is 0.344. The summed E-state index contributed by atoms with van der Waals surface area (Å²) in [5, 5.41) is 17.0. The third-order valence-electron chi connectivity index (χ3n) is 0.936. The van der Waals surface area contributed by atoms with Crippen LogP contribution in [0.4, 0.5) is 0 Å². The van der Waals surface area contributed by atoms with E-state index in [1.54, 1.807) is 6.92 Å². The zero-order valence-electron chi connectivity index (χ0n) is 5.91. The van der Waals surface area contributed by atoms with E-state index in [1.807, 2.05) is 0 Å². The summed E-state index contributed by atoms with van der Waals surface area (Å²) in [5.74, 6) is -0.368. The molecule has 0 heterocycles. The molecule has 0 aliphatic carbocycles. The van der Waals surface area contributed by atoms with Crippen molar-refractivity contribution >= 4 is 5.97 Å². The number of esters is 1. The lowest BCUT2D eigenvalue weighted by Gasteiger charge is -2.06. The molecule has 11 heavy (non-hydrogen) atoms. The smallest absolute Gasteiger partial charge is 0.305 e. The molecule has 0 rings (SSSR count). The first kappa shape index (κ1) is 13.0. The van der Waals surface area contributed by atoms with E-state index >= 15 is 0 Å². The second-order valence-electron chi connectivity index (χ2n) is 1.87. The van der Waals surface area contributed by atoms with Crippen molar-refractivity contribution in [2.75, 3.05) is 13.2 Å². The summed E-state index contributed by atoms with van der Waals surface area (Å²) >= 11 is 0. The third-order valence-corrected chi connectivity index (χ3v) is 0.936. The van der Waals surface area contributed by atoms with Gasteiger partial charge in [-0.25, -0.2) is 0 Å². The molecule has 1 unspecified atom stereocenters. The van der Waals surface area contributed by atoms with Gasteiger partial charge >= 0.3 is 5.97 Å². The molecule has 0 aromatic carbocycles. The van der Waals surface area contributed by atoms with Gasteiger partial charge < -0.3 is 14.9 Å². The fourth-order valence-electron chi connectivity index (χ4n) is 0.344. The van der Waals surface area contributed by atoms with Crippen LogP contribution in [-0.4, -0.2) is 35.5 Å². The van der Waals surface area contributed by atoms with Crippen molar-refractivity contribution in [2.45, 2.75) is 26.9 Å². The Balaban J connectivity index is 0. The Labute approximate surface area is 66.8 Å². The molecule has 0 aliphatic rings. The Morgan fingerprint density at radius 2 is 2.18 bits per heavy atom. The zero-order chi connectivity index (χ0) is 7.98. The summed E-state index contributed by atoms with van der Waals surface area (Å²) in [4.78, 5) is 10.4. The lowest BCUT2D eigenvalue weighted by Crippen LogP contribution is -2.21. The van der Waals surface area contributed by atoms with Crippen molar-refractivity contribution < 1.29 is 19.7 Å². The number of aliphatic hydroxyl groups excluding tert-OH is 2. The third kappa shape index (κ3) is 7.29. The SMILES string of the molecule is C.CCC(=O)OCC(O)CO.